The number of aromatic nitrogens is 1. The molecule has 3 N–H and O–H groups in total. The molecule has 1 saturated carbocycles. The number of likely N-dealkylation sites (N-methyl/N-ethyl adjacent to an activating group) is 2. The van der Waals surface area contributed by atoms with Crippen LogP contribution in [0.3, 0.4) is 0 Å². The summed E-state index contributed by atoms with van der Waals surface area (Å²) >= 11 is 0. The van der Waals surface area contributed by atoms with Crippen LogP contribution in [0.2, 0.25) is 0 Å². The van der Waals surface area contributed by atoms with Gasteiger partial charge in [0.1, 0.15) is 0 Å². The first-order chi connectivity index (χ1) is 14.1. The first-order valence-electron chi connectivity index (χ1n) is 10.5. The van der Waals surface area contributed by atoms with Gasteiger partial charge in [-0.05, 0) is 42.7 Å². The first kappa shape index (κ1) is 18.5. The molecule has 3 atom stereocenters. The monoisotopic (exact) mass is 394 g/mol. The van der Waals surface area contributed by atoms with Crippen molar-refractivity contribution < 1.29 is 5.11 Å². The number of nitrogens with zero attached hydrogens (tertiary/aromatic N) is 4. The standard InChI is InChI=1S/C22H30N6O/c1-26-14-28(11-18-10-16-5-3-4-6-19(16)23-18)12-20-21(26)25-22(27(20)2)24-17-8-7-15(9-17)13-29/h3-6,10,12,15,17,22-24,29H,7-9,11,13-14H2,1-2H3/t15-,17+,22?/m1/s1. The Morgan fingerprint density at radius 3 is 2.90 bits per heavy atom. The minimum absolute atomic E-state index is 0.0332. The van der Waals surface area contributed by atoms with Crippen molar-refractivity contribution >= 4 is 16.7 Å². The number of amidine groups is 1. The number of benzene rings is 1. The molecule has 1 unspecified atom stereocenters. The molecule has 7 heteroatoms. The van der Waals surface area contributed by atoms with Crippen molar-refractivity contribution in [3.8, 4) is 0 Å². The Labute approximate surface area is 171 Å². The number of nitrogens with one attached hydrogen (secondary N) is 2. The van der Waals surface area contributed by atoms with Gasteiger partial charge in [0.2, 0.25) is 0 Å². The Morgan fingerprint density at radius 1 is 1.24 bits per heavy atom. The van der Waals surface area contributed by atoms with Gasteiger partial charge in [-0.2, -0.15) is 0 Å². The first-order valence-corrected chi connectivity index (χ1v) is 10.5. The van der Waals surface area contributed by atoms with Crippen molar-refractivity contribution in [2.75, 3.05) is 27.4 Å². The van der Waals surface area contributed by atoms with Gasteiger partial charge >= 0.3 is 0 Å². The average molecular weight is 395 g/mol. The van der Waals surface area contributed by atoms with Crippen molar-refractivity contribution in [2.24, 2.45) is 10.9 Å². The van der Waals surface area contributed by atoms with Gasteiger partial charge < -0.3 is 24.8 Å². The lowest BCUT2D eigenvalue weighted by molar-refractivity contribution is 0.217. The highest BCUT2D eigenvalue weighted by molar-refractivity contribution is 5.99. The lowest BCUT2D eigenvalue weighted by Gasteiger charge is -2.35. The number of aromatic amines is 1. The number of fused-ring (bicyclic) bond motifs is 2. The highest BCUT2D eigenvalue weighted by Gasteiger charge is 2.36. The fraction of sp³-hybridized carbons (Fsp3) is 0.500. The Balaban J connectivity index is 1.30. The van der Waals surface area contributed by atoms with E-state index in [-0.39, 0.29) is 6.29 Å². The molecule has 5 rings (SSSR count). The predicted octanol–water partition coefficient (Wildman–Crippen LogP) is 2.09. The molecule has 1 aromatic carbocycles. The van der Waals surface area contributed by atoms with Crippen molar-refractivity contribution in [3.63, 3.8) is 0 Å². The van der Waals surface area contributed by atoms with Crippen molar-refractivity contribution in [3.05, 3.63) is 47.9 Å². The molecule has 3 aliphatic rings. The zero-order chi connectivity index (χ0) is 20.0. The molecule has 1 fully saturated rings. The molecule has 154 valence electrons. The Kier molecular flexibility index (Phi) is 4.72. The SMILES string of the molecule is CN1CN(Cc2cc3ccccc3[nH]2)C=C2C1=NC(N[C@H]1CC[C@@H](CO)C1)N2C. The van der Waals surface area contributed by atoms with E-state index in [4.69, 9.17) is 4.99 Å². The molecule has 29 heavy (non-hydrogen) atoms. The summed E-state index contributed by atoms with van der Waals surface area (Å²) in [5.41, 5.74) is 3.56. The van der Waals surface area contributed by atoms with E-state index in [9.17, 15) is 5.11 Å². The number of hydrogen-bond acceptors (Lipinski definition) is 6. The van der Waals surface area contributed by atoms with Crippen molar-refractivity contribution in [1.29, 1.82) is 0 Å². The number of hydrogen-bond donors (Lipinski definition) is 3. The average Bonchev–Trinajstić information content (AvgIpc) is 3.41. The second-order valence-electron chi connectivity index (χ2n) is 8.64. The van der Waals surface area contributed by atoms with Crippen LogP contribution in [-0.4, -0.2) is 70.3 Å². The number of H-pyrrole nitrogens is 1. The summed E-state index contributed by atoms with van der Waals surface area (Å²) in [5, 5.41) is 14.3. The lowest BCUT2D eigenvalue weighted by atomic mass is 10.1. The largest absolute Gasteiger partial charge is 0.396 e. The zero-order valence-electron chi connectivity index (χ0n) is 17.2. The van der Waals surface area contributed by atoms with Gasteiger partial charge in [-0.3, -0.25) is 5.32 Å². The van der Waals surface area contributed by atoms with E-state index >= 15 is 0 Å². The summed E-state index contributed by atoms with van der Waals surface area (Å²) in [6, 6.07) is 11.1. The van der Waals surface area contributed by atoms with Gasteiger partial charge in [0.15, 0.2) is 12.1 Å². The lowest BCUT2D eigenvalue weighted by Crippen LogP contribution is -2.45. The molecular formula is C22H30N6O. The van der Waals surface area contributed by atoms with E-state index in [1.54, 1.807) is 0 Å². The van der Waals surface area contributed by atoms with E-state index in [1.807, 2.05) is 0 Å². The molecule has 3 heterocycles. The van der Waals surface area contributed by atoms with E-state index in [1.165, 1.54) is 16.6 Å². The molecule has 2 aliphatic heterocycles. The number of aliphatic hydroxyl groups excluding tert-OH is 1. The molecule has 0 amide bonds. The van der Waals surface area contributed by atoms with Gasteiger partial charge in [0, 0.05) is 44.2 Å². The quantitative estimate of drug-likeness (QED) is 0.725. The van der Waals surface area contributed by atoms with Crippen LogP contribution in [0, 0.1) is 5.92 Å². The fourth-order valence-corrected chi connectivity index (χ4v) is 4.84. The molecular weight excluding hydrogens is 364 g/mol. The molecule has 7 nitrogen and oxygen atoms in total. The highest BCUT2D eigenvalue weighted by atomic mass is 16.3. The third-order valence-electron chi connectivity index (χ3n) is 6.42. The Hall–Kier alpha value is -2.51. The Bertz CT molecular complexity index is 917. The van der Waals surface area contributed by atoms with Crippen LogP contribution in [0.25, 0.3) is 10.9 Å². The summed E-state index contributed by atoms with van der Waals surface area (Å²) in [6.07, 6.45) is 5.45. The maximum atomic E-state index is 9.41. The van der Waals surface area contributed by atoms with Crippen LogP contribution in [0.5, 0.6) is 0 Å². The van der Waals surface area contributed by atoms with Crippen LogP contribution in [0.4, 0.5) is 0 Å². The van der Waals surface area contributed by atoms with E-state index < -0.39 is 0 Å². The van der Waals surface area contributed by atoms with Crippen LogP contribution >= 0.6 is 0 Å². The van der Waals surface area contributed by atoms with Gasteiger partial charge in [-0.15, -0.1) is 0 Å². The second kappa shape index (κ2) is 7.39. The minimum Gasteiger partial charge on any atom is -0.396 e. The van der Waals surface area contributed by atoms with Gasteiger partial charge in [0.05, 0.1) is 18.9 Å². The second-order valence-corrected chi connectivity index (χ2v) is 8.64. The zero-order valence-corrected chi connectivity index (χ0v) is 17.2. The van der Waals surface area contributed by atoms with Gasteiger partial charge in [-0.25, -0.2) is 4.99 Å². The van der Waals surface area contributed by atoms with E-state index in [0.717, 1.165) is 44.0 Å². The smallest absolute Gasteiger partial charge is 0.178 e. The van der Waals surface area contributed by atoms with Gasteiger partial charge in [0.25, 0.3) is 0 Å². The number of aliphatic hydroxyl groups is 1. The summed E-state index contributed by atoms with van der Waals surface area (Å²) in [5.74, 6) is 1.48. The molecule has 1 aliphatic carbocycles. The molecule has 2 aromatic rings. The molecule has 0 bridgehead atoms. The van der Waals surface area contributed by atoms with Crippen LogP contribution in [0.15, 0.2) is 47.2 Å². The number of aliphatic imine (C=N–C) groups is 1. The maximum absolute atomic E-state index is 9.41. The normalized spacial score (nSPS) is 26.9. The molecule has 0 radical (unpaired) electrons. The molecule has 0 saturated heterocycles. The maximum Gasteiger partial charge on any atom is 0.178 e. The van der Waals surface area contributed by atoms with Crippen LogP contribution in [-0.2, 0) is 6.54 Å². The third-order valence-corrected chi connectivity index (χ3v) is 6.42. The highest BCUT2D eigenvalue weighted by Crippen LogP contribution is 2.29. The minimum atomic E-state index is -0.0332. The predicted molar refractivity (Wildman–Crippen MR) is 115 cm³/mol. The Morgan fingerprint density at radius 2 is 2.10 bits per heavy atom. The fourth-order valence-electron chi connectivity index (χ4n) is 4.84. The summed E-state index contributed by atoms with van der Waals surface area (Å²) in [4.78, 5) is 15.3. The van der Waals surface area contributed by atoms with Crippen molar-refractivity contribution in [2.45, 2.75) is 38.1 Å². The summed E-state index contributed by atoms with van der Waals surface area (Å²) in [6.45, 7) is 1.95. The molecule has 1 aromatic heterocycles. The topological polar surface area (TPSA) is 70.1 Å². The number of para-hydroxylation sites is 1. The summed E-state index contributed by atoms with van der Waals surface area (Å²) < 4.78 is 0. The number of rotatable bonds is 5. The van der Waals surface area contributed by atoms with Crippen LogP contribution in [0.1, 0.15) is 25.0 Å². The summed E-state index contributed by atoms with van der Waals surface area (Å²) in [7, 11) is 4.22. The van der Waals surface area contributed by atoms with Gasteiger partial charge in [-0.1, -0.05) is 18.2 Å². The van der Waals surface area contributed by atoms with Crippen LogP contribution < -0.4 is 5.32 Å². The molecule has 0 spiro atoms. The van der Waals surface area contributed by atoms with E-state index in [0.29, 0.717) is 18.6 Å². The third kappa shape index (κ3) is 3.49. The van der Waals surface area contributed by atoms with E-state index in [2.05, 4.69) is 75.6 Å². The van der Waals surface area contributed by atoms with Crippen molar-refractivity contribution in [1.82, 2.24) is 25.0 Å².